The molecule has 4 heteroatoms. The summed E-state index contributed by atoms with van der Waals surface area (Å²) in [6.45, 7) is 2.00. The Bertz CT molecular complexity index is 425. The third-order valence-corrected chi connectivity index (χ3v) is 3.69. The lowest BCUT2D eigenvalue weighted by molar-refractivity contribution is -0.140. The first-order valence-corrected chi connectivity index (χ1v) is 7.29. The van der Waals surface area contributed by atoms with Gasteiger partial charge < -0.3 is 9.15 Å². The maximum absolute atomic E-state index is 11.0. The van der Waals surface area contributed by atoms with Crippen LogP contribution in [0.15, 0.2) is 35.0 Å². The van der Waals surface area contributed by atoms with Crippen LogP contribution < -0.4 is 0 Å². The van der Waals surface area contributed by atoms with Crippen LogP contribution in [0.4, 0.5) is 0 Å². The number of ether oxygens (including phenoxy) is 1. The summed E-state index contributed by atoms with van der Waals surface area (Å²) in [5.41, 5.74) is 0. The number of likely N-dealkylation sites (tertiary alicyclic amines) is 1. The number of unbranched alkanes of at least 4 members (excludes halogenated alkanes) is 1. The molecule has 0 aliphatic carbocycles. The molecule has 1 aromatic heterocycles. The second-order valence-electron chi connectivity index (χ2n) is 5.16. The van der Waals surface area contributed by atoms with E-state index >= 15 is 0 Å². The number of allylic oxidation sites excluding steroid dienone is 1. The topological polar surface area (TPSA) is 42.7 Å². The van der Waals surface area contributed by atoms with Gasteiger partial charge in [-0.05, 0) is 44.4 Å². The van der Waals surface area contributed by atoms with E-state index in [0.29, 0.717) is 12.5 Å². The molecule has 0 bridgehead atoms. The summed E-state index contributed by atoms with van der Waals surface area (Å²) in [6, 6.07) is 4.46. The van der Waals surface area contributed by atoms with Gasteiger partial charge in [0.2, 0.25) is 0 Å². The van der Waals surface area contributed by atoms with E-state index in [1.165, 1.54) is 20.0 Å². The number of esters is 1. The van der Waals surface area contributed by atoms with Gasteiger partial charge in [0.15, 0.2) is 0 Å². The molecule has 1 atom stereocenters. The van der Waals surface area contributed by atoms with Crippen LogP contribution in [0.25, 0.3) is 0 Å². The maximum Gasteiger partial charge on any atom is 0.305 e. The first-order valence-electron chi connectivity index (χ1n) is 7.29. The molecule has 0 N–H and O–H groups in total. The second-order valence-corrected chi connectivity index (χ2v) is 5.16. The summed E-state index contributed by atoms with van der Waals surface area (Å²) >= 11 is 0. The SMILES string of the molecule is COC(=O)CCC/C=C\C1CCCN1Cc1ccco1. The number of carbonyl (C=O) groups is 1. The Hall–Kier alpha value is -1.55. The van der Waals surface area contributed by atoms with Crippen molar-refractivity contribution in [1.29, 1.82) is 0 Å². The number of hydrogen-bond donors (Lipinski definition) is 0. The Balaban J connectivity index is 1.72. The van der Waals surface area contributed by atoms with Crippen molar-refractivity contribution in [2.45, 2.75) is 44.7 Å². The molecule has 20 heavy (non-hydrogen) atoms. The molecule has 110 valence electrons. The number of furan rings is 1. The lowest BCUT2D eigenvalue weighted by Crippen LogP contribution is -2.26. The molecule has 1 unspecified atom stereocenters. The predicted molar refractivity (Wildman–Crippen MR) is 77.1 cm³/mol. The van der Waals surface area contributed by atoms with Crippen molar-refractivity contribution in [3.8, 4) is 0 Å². The fourth-order valence-corrected chi connectivity index (χ4v) is 2.59. The number of rotatable bonds is 7. The number of hydrogen-bond acceptors (Lipinski definition) is 4. The van der Waals surface area contributed by atoms with E-state index in [9.17, 15) is 4.79 Å². The van der Waals surface area contributed by atoms with Gasteiger partial charge in [-0.15, -0.1) is 0 Å². The van der Waals surface area contributed by atoms with Gasteiger partial charge in [0, 0.05) is 12.5 Å². The summed E-state index contributed by atoms with van der Waals surface area (Å²) in [5, 5.41) is 0. The Kier molecular flexibility index (Phi) is 5.87. The Labute approximate surface area is 120 Å². The van der Waals surface area contributed by atoms with Crippen LogP contribution in [-0.2, 0) is 16.1 Å². The zero-order chi connectivity index (χ0) is 14.2. The lowest BCUT2D eigenvalue weighted by Gasteiger charge is -2.20. The van der Waals surface area contributed by atoms with E-state index in [1.54, 1.807) is 6.26 Å². The van der Waals surface area contributed by atoms with Crippen LogP contribution in [0.3, 0.4) is 0 Å². The van der Waals surface area contributed by atoms with E-state index in [4.69, 9.17) is 4.42 Å². The summed E-state index contributed by atoms with van der Waals surface area (Å²) in [4.78, 5) is 13.4. The van der Waals surface area contributed by atoms with Gasteiger partial charge in [-0.3, -0.25) is 9.69 Å². The predicted octanol–water partition coefficient (Wildman–Crippen LogP) is 3.14. The molecule has 2 heterocycles. The number of carbonyl (C=O) groups excluding carboxylic acids is 1. The van der Waals surface area contributed by atoms with Crippen molar-refractivity contribution in [1.82, 2.24) is 4.90 Å². The van der Waals surface area contributed by atoms with E-state index in [-0.39, 0.29) is 5.97 Å². The third-order valence-electron chi connectivity index (χ3n) is 3.69. The minimum atomic E-state index is -0.126. The minimum Gasteiger partial charge on any atom is -0.469 e. The largest absolute Gasteiger partial charge is 0.469 e. The molecule has 2 rings (SSSR count). The average molecular weight is 277 g/mol. The van der Waals surface area contributed by atoms with E-state index < -0.39 is 0 Å². The molecule has 0 radical (unpaired) electrons. The van der Waals surface area contributed by atoms with Gasteiger partial charge in [-0.25, -0.2) is 0 Å². The van der Waals surface area contributed by atoms with Gasteiger partial charge in [0.25, 0.3) is 0 Å². The molecule has 0 amide bonds. The highest BCUT2D eigenvalue weighted by Gasteiger charge is 2.22. The zero-order valence-corrected chi connectivity index (χ0v) is 12.1. The van der Waals surface area contributed by atoms with E-state index in [2.05, 4.69) is 21.8 Å². The molecule has 1 aliphatic heterocycles. The highest BCUT2D eigenvalue weighted by atomic mass is 16.5. The highest BCUT2D eigenvalue weighted by molar-refractivity contribution is 5.69. The smallest absolute Gasteiger partial charge is 0.305 e. The highest BCUT2D eigenvalue weighted by Crippen LogP contribution is 2.21. The fraction of sp³-hybridized carbons (Fsp3) is 0.562. The van der Waals surface area contributed by atoms with Crippen molar-refractivity contribution in [3.63, 3.8) is 0 Å². The first kappa shape index (κ1) is 14.9. The zero-order valence-electron chi connectivity index (χ0n) is 12.1. The second kappa shape index (κ2) is 7.90. The summed E-state index contributed by atoms with van der Waals surface area (Å²) in [6.07, 6.45) is 10.9. The quantitative estimate of drug-likeness (QED) is 0.436. The third kappa shape index (κ3) is 4.53. The number of nitrogens with zero attached hydrogens (tertiary/aromatic N) is 1. The van der Waals surface area contributed by atoms with Crippen LogP contribution >= 0.6 is 0 Å². The molecule has 0 saturated carbocycles. The van der Waals surface area contributed by atoms with Crippen LogP contribution in [0, 0.1) is 0 Å². The molecular weight excluding hydrogens is 254 g/mol. The molecule has 0 aromatic carbocycles. The minimum absolute atomic E-state index is 0.126. The Morgan fingerprint density at radius 3 is 3.25 bits per heavy atom. The fourth-order valence-electron chi connectivity index (χ4n) is 2.59. The standard InChI is InChI=1S/C16H23NO3/c1-19-16(18)10-4-2-3-7-14-8-5-11-17(14)13-15-9-6-12-20-15/h3,6-7,9,12,14H,2,4-5,8,10-11,13H2,1H3/b7-3-. The van der Waals surface area contributed by atoms with Gasteiger partial charge in [0.05, 0.1) is 19.9 Å². The Morgan fingerprint density at radius 2 is 2.50 bits per heavy atom. The van der Waals surface area contributed by atoms with Crippen molar-refractivity contribution < 1.29 is 13.9 Å². The normalized spacial score (nSPS) is 19.8. The molecule has 1 aromatic rings. The Morgan fingerprint density at radius 1 is 1.60 bits per heavy atom. The number of methoxy groups -OCH3 is 1. The van der Waals surface area contributed by atoms with Crippen molar-refractivity contribution >= 4 is 5.97 Å². The van der Waals surface area contributed by atoms with Crippen molar-refractivity contribution in [2.24, 2.45) is 0 Å². The summed E-state index contributed by atoms with van der Waals surface area (Å²) < 4.78 is 10.0. The molecule has 0 spiro atoms. The molecule has 1 saturated heterocycles. The van der Waals surface area contributed by atoms with Crippen LogP contribution in [-0.4, -0.2) is 30.6 Å². The van der Waals surface area contributed by atoms with E-state index in [0.717, 1.165) is 31.7 Å². The first-order chi connectivity index (χ1) is 9.79. The van der Waals surface area contributed by atoms with Gasteiger partial charge in [-0.2, -0.15) is 0 Å². The van der Waals surface area contributed by atoms with Crippen LogP contribution in [0.1, 0.15) is 37.9 Å². The van der Waals surface area contributed by atoms with Gasteiger partial charge >= 0.3 is 5.97 Å². The average Bonchev–Trinajstić information content (AvgIpc) is 3.11. The van der Waals surface area contributed by atoms with Gasteiger partial charge in [-0.1, -0.05) is 12.2 Å². The van der Waals surface area contributed by atoms with Crippen LogP contribution in [0.5, 0.6) is 0 Å². The summed E-state index contributed by atoms with van der Waals surface area (Å²) in [5.74, 6) is 0.898. The molecule has 1 aliphatic rings. The summed E-state index contributed by atoms with van der Waals surface area (Å²) in [7, 11) is 1.43. The van der Waals surface area contributed by atoms with Crippen molar-refractivity contribution in [3.05, 3.63) is 36.3 Å². The lowest BCUT2D eigenvalue weighted by atomic mass is 10.1. The molecule has 1 fully saturated rings. The van der Waals surface area contributed by atoms with E-state index in [1.807, 2.05) is 12.1 Å². The molecule has 4 nitrogen and oxygen atoms in total. The maximum atomic E-state index is 11.0. The molecular formula is C16H23NO3. The van der Waals surface area contributed by atoms with Crippen LogP contribution in [0.2, 0.25) is 0 Å². The van der Waals surface area contributed by atoms with Crippen molar-refractivity contribution in [2.75, 3.05) is 13.7 Å². The monoisotopic (exact) mass is 277 g/mol. The van der Waals surface area contributed by atoms with Gasteiger partial charge in [0.1, 0.15) is 5.76 Å².